The van der Waals surface area contributed by atoms with E-state index in [2.05, 4.69) is 0 Å². The smallest absolute Gasteiger partial charge is 0.872 e. The number of rotatable bonds is 3. The van der Waals surface area contributed by atoms with Crippen molar-refractivity contribution in [2.45, 2.75) is 4.90 Å². The summed E-state index contributed by atoms with van der Waals surface area (Å²) in [4.78, 5) is 22.8. The number of carbonyl (C=O) groups is 1. The molecule has 0 fully saturated rings. The van der Waals surface area contributed by atoms with Gasteiger partial charge in [-0.15, -0.1) is 5.75 Å². The molecule has 146 valence electrons. The Balaban J connectivity index is 0.00000171. The number of carbonyl (C=O) groups excluding carboxylic acids is 1. The zero-order valence-corrected chi connectivity index (χ0v) is 24.2. The summed E-state index contributed by atoms with van der Waals surface area (Å²) in [6.45, 7) is 0. The third kappa shape index (κ3) is 5.68. The molecule has 32 heavy (non-hydrogen) atoms. The van der Waals surface area contributed by atoms with Crippen LogP contribution in [0.3, 0.4) is 0 Å². The van der Waals surface area contributed by atoms with Gasteiger partial charge in [0.1, 0.15) is 21.5 Å². The molecule has 12 heteroatoms. The van der Waals surface area contributed by atoms with Crippen LogP contribution in [0.5, 0.6) is 5.75 Å². The average Bonchev–Trinajstić information content (AvgIpc) is 2.64. The van der Waals surface area contributed by atoms with Crippen LogP contribution in [0.4, 0.5) is 0 Å². The Labute approximate surface area is 248 Å². The maximum absolute atomic E-state index is 11.7. The van der Waals surface area contributed by atoms with Crippen LogP contribution in [0.25, 0.3) is 33.4 Å². The SMILES string of the molecule is O=C([O-])c1ccc(S(=O)(=O)[O-])cc1-c1c2ccc(=O)cc-2oc2cc([O-])ccc12.[Na+].[Na+].[Na+]. The van der Waals surface area contributed by atoms with Gasteiger partial charge >= 0.3 is 88.7 Å². The molecule has 0 unspecified atom stereocenters. The number of hydrogen-bond donors (Lipinski definition) is 0. The molecule has 2 aromatic rings. The van der Waals surface area contributed by atoms with Crippen molar-refractivity contribution >= 4 is 27.1 Å². The van der Waals surface area contributed by atoms with Gasteiger partial charge in [-0.3, -0.25) is 4.79 Å². The molecule has 0 saturated carbocycles. The maximum atomic E-state index is 11.7. The molecule has 2 aromatic carbocycles. The van der Waals surface area contributed by atoms with E-state index < -0.39 is 21.0 Å². The zero-order chi connectivity index (χ0) is 20.9. The predicted octanol–water partition coefficient (Wildman–Crippen LogP) is -8.08. The summed E-state index contributed by atoms with van der Waals surface area (Å²) in [6.07, 6.45) is 0. The number of carboxylic acid groups (broad SMARTS) is 1. The monoisotopic (exact) mass is 478 g/mol. The molecular weight excluding hydrogens is 469 g/mol. The van der Waals surface area contributed by atoms with Crippen molar-refractivity contribution in [3.05, 3.63) is 70.4 Å². The standard InChI is InChI=1S/C20H12O8S.3Na/c21-10-1-4-14-17(7-10)28-18-8-11(22)2-5-15(18)19(14)16-9-12(29(25,26)27)3-6-13(16)20(23)24;;;/h1-9,21H,(H,23,24)(H,25,26,27);;;/q;3*+1/p-3. The van der Waals surface area contributed by atoms with Crippen LogP contribution < -0.4 is 104 Å². The van der Waals surface area contributed by atoms with Crippen LogP contribution in [0.1, 0.15) is 10.4 Å². The summed E-state index contributed by atoms with van der Waals surface area (Å²) in [6, 6.07) is 10.3. The van der Waals surface area contributed by atoms with Crippen molar-refractivity contribution in [3.8, 4) is 28.2 Å². The molecule has 4 rings (SSSR count). The molecule has 0 spiro atoms. The number of fused-ring (bicyclic) bond motifs is 2. The summed E-state index contributed by atoms with van der Waals surface area (Å²) in [5.74, 6) is -1.93. The van der Waals surface area contributed by atoms with Crippen LogP contribution >= 0.6 is 0 Å². The van der Waals surface area contributed by atoms with Crippen molar-refractivity contribution in [2.75, 3.05) is 0 Å². The molecule has 0 atom stereocenters. The van der Waals surface area contributed by atoms with Gasteiger partial charge in [-0.25, -0.2) is 8.42 Å². The first kappa shape index (κ1) is 29.3. The summed E-state index contributed by atoms with van der Waals surface area (Å²) in [5.41, 5.74) is -0.343. The number of carboxylic acids is 1. The Bertz CT molecular complexity index is 1450. The van der Waals surface area contributed by atoms with E-state index >= 15 is 0 Å². The summed E-state index contributed by atoms with van der Waals surface area (Å²) in [7, 11) is -4.88. The van der Waals surface area contributed by atoms with Gasteiger partial charge in [0.2, 0.25) is 0 Å². The van der Waals surface area contributed by atoms with Crippen molar-refractivity contribution in [1.29, 1.82) is 0 Å². The first-order chi connectivity index (χ1) is 13.6. The molecule has 0 aromatic heterocycles. The Kier molecular flexibility index (Phi) is 10.2. The molecule has 1 heterocycles. The van der Waals surface area contributed by atoms with E-state index in [0.717, 1.165) is 30.3 Å². The third-order valence-electron chi connectivity index (χ3n) is 4.43. The summed E-state index contributed by atoms with van der Waals surface area (Å²) < 4.78 is 40.1. The third-order valence-corrected chi connectivity index (χ3v) is 5.26. The van der Waals surface area contributed by atoms with Crippen molar-refractivity contribution < 1.29 is 121 Å². The van der Waals surface area contributed by atoms with Gasteiger partial charge < -0.3 is 24.0 Å². The predicted molar refractivity (Wildman–Crippen MR) is 96.3 cm³/mol. The molecular formula is C20H9Na3O8S. The van der Waals surface area contributed by atoms with Crippen LogP contribution in [-0.2, 0) is 10.1 Å². The molecule has 0 saturated heterocycles. The van der Waals surface area contributed by atoms with Gasteiger partial charge in [-0.2, -0.15) is 0 Å². The van der Waals surface area contributed by atoms with E-state index in [4.69, 9.17) is 4.42 Å². The van der Waals surface area contributed by atoms with Gasteiger partial charge in [0.05, 0.1) is 10.9 Å². The Morgan fingerprint density at radius 3 is 2.19 bits per heavy atom. The van der Waals surface area contributed by atoms with E-state index in [9.17, 15) is 32.8 Å². The van der Waals surface area contributed by atoms with Crippen LogP contribution in [0.2, 0.25) is 0 Å². The van der Waals surface area contributed by atoms with Gasteiger partial charge in [0, 0.05) is 28.1 Å². The summed E-state index contributed by atoms with van der Waals surface area (Å²) in [5, 5.41) is 23.7. The largest absolute Gasteiger partial charge is 1.00 e. The normalized spacial score (nSPS) is 10.7. The molecule has 0 amide bonds. The minimum Gasteiger partial charge on any atom is -0.872 e. The summed E-state index contributed by atoms with van der Waals surface area (Å²) >= 11 is 0. The van der Waals surface area contributed by atoms with Crippen molar-refractivity contribution in [3.63, 3.8) is 0 Å². The number of aromatic carboxylic acids is 1. The minimum absolute atomic E-state index is 0. The van der Waals surface area contributed by atoms with Gasteiger partial charge in [0.15, 0.2) is 5.43 Å². The second kappa shape index (κ2) is 11.2. The zero-order valence-electron chi connectivity index (χ0n) is 17.4. The van der Waals surface area contributed by atoms with Gasteiger partial charge in [0.25, 0.3) is 0 Å². The Morgan fingerprint density at radius 1 is 0.875 bits per heavy atom. The average molecular weight is 478 g/mol. The molecule has 2 aliphatic rings. The second-order valence-electron chi connectivity index (χ2n) is 6.24. The number of hydrogen-bond acceptors (Lipinski definition) is 8. The molecule has 1 aliphatic heterocycles. The van der Waals surface area contributed by atoms with E-state index in [-0.39, 0.29) is 128 Å². The fourth-order valence-corrected chi connectivity index (χ4v) is 3.70. The molecule has 1 aliphatic carbocycles. The van der Waals surface area contributed by atoms with E-state index in [1.165, 1.54) is 24.3 Å². The molecule has 0 bridgehead atoms. The first-order valence-corrected chi connectivity index (χ1v) is 9.55. The van der Waals surface area contributed by atoms with E-state index in [1.54, 1.807) is 0 Å². The van der Waals surface area contributed by atoms with Crippen molar-refractivity contribution in [2.24, 2.45) is 0 Å². The van der Waals surface area contributed by atoms with Crippen LogP contribution in [-0.4, -0.2) is 18.9 Å². The fraction of sp³-hybridized carbons (Fsp3) is 0. The maximum Gasteiger partial charge on any atom is 1.00 e. The minimum atomic E-state index is -4.88. The topological polar surface area (TPSA) is 151 Å². The second-order valence-corrected chi connectivity index (χ2v) is 7.62. The first-order valence-electron chi connectivity index (χ1n) is 8.14. The van der Waals surface area contributed by atoms with Gasteiger partial charge in [-0.05, 0) is 35.9 Å². The Hall–Kier alpha value is -0.690. The van der Waals surface area contributed by atoms with E-state index in [1.807, 2.05) is 0 Å². The van der Waals surface area contributed by atoms with Gasteiger partial charge in [-0.1, -0.05) is 18.2 Å². The molecule has 0 radical (unpaired) electrons. The fourth-order valence-electron chi connectivity index (χ4n) is 3.20. The van der Waals surface area contributed by atoms with E-state index in [0.29, 0.717) is 10.9 Å². The Morgan fingerprint density at radius 2 is 1.56 bits per heavy atom. The van der Waals surface area contributed by atoms with Crippen LogP contribution in [0, 0.1) is 0 Å². The quantitative estimate of drug-likeness (QED) is 0.160. The van der Waals surface area contributed by atoms with Crippen molar-refractivity contribution in [1.82, 2.24) is 0 Å². The van der Waals surface area contributed by atoms with Crippen LogP contribution in [0.15, 0.2) is 68.7 Å². The molecule has 0 N–H and O–H groups in total. The number of benzene rings is 3. The molecule has 8 nitrogen and oxygen atoms in total.